The van der Waals surface area contributed by atoms with Gasteiger partial charge in [-0.1, -0.05) is 33.6 Å². The lowest BCUT2D eigenvalue weighted by Crippen LogP contribution is -2.41. The van der Waals surface area contributed by atoms with Crippen molar-refractivity contribution in [2.75, 3.05) is 6.54 Å². The molecule has 6 heteroatoms. The van der Waals surface area contributed by atoms with Gasteiger partial charge >= 0.3 is 5.97 Å². The Balaban J connectivity index is 0. The molecule has 0 aliphatic heterocycles. The summed E-state index contributed by atoms with van der Waals surface area (Å²) in [7, 11) is 0. The Bertz CT molecular complexity index is 256. The molecule has 2 atom stereocenters. The van der Waals surface area contributed by atoms with E-state index in [-0.39, 0.29) is 5.92 Å². The first kappa shape index (κ1) is 20.2. The second-order valence-corrected chi connectivity index (χ2v) is 4.91. The Morgan fingerprint density at radius 2 is 1.68 bits per heavy atom. The second-order valence-electron chi connectivity index (χ2n) is 4.91. The Morgan fingerprint density at radius 1 is 1.21 bits per heavy atom. The summed E-state index contributed by atoms with van der Waals surface area (Å²) in [5.74, 6) is -1.05. The number of nitrogens with one attached hydrogen (secondary N) is 1. The highest BCUT2D eigenvalue weighted by molar-refractivity contribution is 5.78. The van der Waals surface area contributed by atoms with Gasteiger partial charge in [-0.15, -0.1) is 0 Å². The van der Waals surface area contributed by atoms with E-state index in [0.717, 1.165) is 19.4 Å². The molecular formula is C13H29N3O3. The third kappa shape index (κ3) is 13.1. The van der Waals surface area contributed by atoms with Crippen LogP contribution in [-0.2, 0) is 9.59 Å². The standard InChI is InChI=1S/C10H21NO2.C3H8N2O/c1-4-5-6-7-11-9(8(2)3)10(12)13;1-2(4)3(5)6/h8-9,11H,4-7H2,1-3H3,(H,12,13);2H,4H2,1H3,(H2,5,6). The maximum atomic E-state index is 10.7. The van der Waals surface area contributed by atoms with Gasteiger partial charge in [0.2, 0.25) is 5.91 Å². The third-order valence-electron chi connectivity index (χ3n) is 2.53. The minimum Gasteiger partial charge on any atom is -0.480 e. The summed E-state index contributed by atoms with van der Waals surface area (Å²) in [6.07, 6.45) is 3.39. The first-order valence-corrected chi connectivity index (χ1v) is 6.75. The van der Waals surface area contributed by atoms with Gasteiger partial charge in [0.25, 0.3) is 0 Å². The lowest BCUT2D eigenvalue weighted by molar-refractivity contribution is -0.140. The number of amides is 1. The largest absolute Gasteiger partial charge is 0.480 e. The number of nitrogens with two attached hydrogens (primary N) is 2. The Labute approximate surface area is 115 Å². The van der Waals surface area contributed by atoms with Crippen molar-refractivity contribution in [2.24, 2.45) is 17.4 Å². The third-order valence-corrected chi connectivity index (χ3v) is 2.53. The summed E-state index contributed by atoms with van der Waals surface area (Å²) < 4.78 is 0. The molecule has 0 aliphatic carbocycles. The summed E-state index contributed by atoms with van der Waals surface area (Å²) in [5, 5.41) is 11.9. The van der Waals surface area contributed by atoms with E-state index >= 15 is 0 Å². The first-order chi connectivity index (χ1) is 8.73. The molecule has 114 valence electrons. The smallest absolute Gasteiger partial charge is 0.320 e. The van der Waals surface area contributed by atoms with E-state index < -0.39 is 24.0 Å². The zero-order chi connectivity index (χ0) is 15.4. The lowest BCUT2D eigenvalue weighted by atomic mass is 10.0. The van der Waals surface area contributed by atoms with Crippen LogP contribution in [0.15, 0.2) is 0 Å². The van der Waals surface area contributed by atoms with E-state index in [9.17, 15) is 9.59 Å². The summed E-state index contributed by atoms with van der Waals surface area (Å²) >= 11 is 0. The minimum absolute atomic E-state index is 0.152. The van der Waals surface area contributed by atoms with Crippen LogP contribution in [0.3, 0.4) is 0 Å². The van der Waals surface area contributed by atoms with Gasteiger partial charge in [-0.2, -0.15) is 0 Å². The van der Waals surface area contributed by atoms with E-state index in [0.29, 0.717) is 0 Å². The Morgan fingerprint density at radius 3 is 1.95 bits per heavy atom. The van der Waals surface area contributed by atoms with Gasteiger partial charge in [-0.3, -0.25) is 9.59 Å². The van der Waals surface area contributed by atoms with Crippen molar-refractivity contribution in [1.29, 1.82) is 0 Å². The van der Waals surface area contributed by atoms with E-state index in [1.54, 1.807) is 6.92 Å². The van der Waals surface area contributed by atoms with Crippen LogP contribution in [0.1, 0.15) is 47.0 Å². The average molecular weight is 275 g/mol. The van der Waals surface area contributed by atoms with E-state index in [1.807, 2.05) is 13.8 Å². The molecule has 0 saturated carbocycles. The molecule has 0 fully saturated rings. The zero-order valence-electron chi connectivity index (χ0n) is 12.5. The number of carboxylic acid groups (broad SMARTS) is 1. The van der Waals surface area contributed by atoms with Gasteiger partial charge in [0.1, 0.15) is 6.04 Å². The SMILES string of the molecule is CC(N)C(N)=O.CCCCCNC(C(=O)O)C(C)C. The normalized spacial score (nSPS) is 13.4. The molecular weight excluding hydrogens is 246 g/mol. The number of carbonyl (C=O) groups excluding carboxylic acids is 1. The van der Waals surface area contributed by atoms with Gasteiger partial charge < -0.3 is 21.9 Å². The van der Waals surface area contributed by atoms with Crippen LogP contribution in [0.25, 0.3) is 0 Å². The molecule has 0 aromatic carbocycles. The molecule has 0 aromatic heterocycles. The average Bonchev–Trinajstić information content (AvgIpc) is 2.28. The summed E-state index contributed by atoms with van der Waals surface area (Å²) in [6.45, 7) is 8.33. The molecule has 0 rings (SSSR count). The molecule has 0 radical (unpaired) electrons. The monoisotopic (exact) mass is 275 g/mol. The predicted octanol–water partition coefficient (Wildman–Crippen LogP) is 0.694. The molecule has 2 unspecified atom stereocenters. The molecule has 6 N–H and O–H groups in total. The maximum absolute atomic E-state index is 10.7. The fourth-order valence-corrected chi connectivity index (χ4v) is 1.24. The van der Waals surface area contributed by atoms with Crippen molar-refractivity contribution in [1.82, 2.24) is 5.32 Å². The minimum atomic E-state index is -0.744. The van der Waals surface area contributed by atoms with Crippen molar-refractivity contribution >= 4 is 11.9 Å². The number of aliphatic carboxylic acids is 1. The Hall–Kier alpha value is -1.14. The van der Waals surface area contributed by atoms with Gasteiger partial charge in [0, 0.05) is 0 Å². The van der Waals surface area contributed by atoms with Crippen molar-refractivity contribution in [3.05, 3.63) is 0 Å². The van der Waals surface area contributed by atoms with Crippen LogP contribution in [0, 0.1) is 5.92 Å². The summed E-state index contributed by atoms with van der Waals surface area (Å²) in [4.78, 5) is 20.5. The van der Waals surface area contributed by atoms with Crippen LogP contribution in [0.5, 0.6) is 0 Å². The van der Waals surface area contributed by atoms with Crippen LogP contribution in [0.4, 0.5) is 0 Å². The number of hydrogen-bond donors (Lipinski definition) is 4. The molecule has 0 aliphatic rings. The highest BCUT2D eigenvalue weighted by Gasteiger charge is 2.19. The lowest BCUT2D eigenvalue weighted by Gasteiger charge is -2.17. The van der Waals surface area contributed by atoms with Gasteiger partial charge in [0.05, 0.1) is 6.04 Å². The highest BCUT2D eigenvalue weighted by atomic mass is 16.4. The molecule has 19 heavy (non-hydrogen) atoms. The quantitative estimate of drug-likeness (QED) is 0.486. The van der Waals surface area contributed by atoms with Crippen molar-refractivity contribution in [2.45, 2.75) is 59.0 Å². The van der Waals surface area contributed by atoms with Crippen LogP contribution in [0.2, 0.25) is 0 Å². The molecule has 0 saturated heterocycles. The van der Waals surface area contributed by atoms with E-state index in [1.165, 1.54) is 6.42 Å². The van der Waals surface area contributed by atoms with Gasteiger partial charge in [-0.05, 0) is 25.8 Å². The van der Waals surface area contributed by atoms with E-state index in [4.69, 9.17) is 10.8 Å². The fraction of sp³-hybridized carbons (Fsp3) is 0.846. The van der Waals surface area contributed by atoms with Crippen molar-refractivity contribution < 1.29 is 14.7 Å². The molecule has 6 nitrogen and oxygen atoms in total. The number of rotatable bonds is 8. The first-order valence-electron chi connectivity index (χ1n) is 6.75. The predicted molar refractivity (Wildman–Crippen MR) is 76.6 cm³/mol. The van der Waals surface area contributed by atoms with Crippen molar-refractivity contribution in [3.8, 4) is 0 Å². The molecule has 0 heterocycles. The molecule has 0 aromatic rings. The fourth-order valence-electron chi connectivity index (χ4n) is 1.24. The topological polar surface area (TPSA) is 118 Å². The molecule has 1 amide bonds. The Kier molecular flexibility index (Phi) is 12.7. The second kappa shape index (κ2) is 11.9. The van der Waals surface area contributed by atoms with Gasteiger partial charge in [-0.25, -0.2) is 0 Å². The highest BCUT2D eigenvalue weighted by Crippen LogP contribution is 2.02. The zero-order valence-corrected chi connectivity index (χ0v) is 12.5. The summed E-state index contributed by atoms with van der Waals surface area (Å²) in [6, 6.07) is -0.901. The number of unbranched alkanes of at least 4 members (excludes halogenated alkanes) is 2. The van der Waals surface area contributed by atoms with E-state index in [2.05, 4.69) is 18.0 Å². The number of carboxylic acids is 1. The van der Waals surface area contributed by atoms with Crippen molar-refractivity contribution in [3.63, 3.8) is 0 Å². The number of hydrogen-bond acceptors (Lipinski definition) is 4. The molecule has 0 spiro atoms. The van der Waals surface area contributed by atoms with Gasteiger partial charge in [0.15, 0.2) is 0 Å². The summed E-state index contributed by atoms with van der Waals surface area (Å²) in [5.41, 5.74) is 9.63. The van der Waals surface area contributed by atoms with Crippen LogP contribution >= 0.6 is 0 Å². The van der Waals surface area contributed by atoms with Crippen LogP contribution < -0.4 is 16.8 Å². The number of primary amides is 1. The van der Waals surface area contributed by atoms with Crippen LogP contribution in [-0.4, -0.2) is 35.6 Å². The molecule has 0 bridgehead atoms. The maximum Gasteiger partial charge on any atom is 0.320 e. The number of carbonyl (C=O) groups is 2.